The average molecular weight is 430 g/mol. The Labute approximate surface area is 168 Å². The number of aliphatic hydroxyl groups excluding tert-OH is 1. The van der Waals surface area contributed by atoms with Crippen molar-refractivity contribution in [3.8, 4) is 0 Å². The van der Waals surface area contributed by atoms with Crippen LogP contribution < -0.4 is 0 Å². The molecule has 2 aromatic carbocycles. The molecule has 0 aliphatic heterocycles. The summed E-state index contributed by atoms with van der Waals surface area (Å²) < 4.78 is 60.6. The molecule has 0 radical (unpaired) electrons. The van der Waals surface area contributed by atoms with Crippen molar-refractivity contribution in [1.29, 1.82) is 0 Å². The molecule has 0 spiro atoms. The molecule has 4 nitrogen and oxygen atoms in total. The maximum absolute atomic E-state index is 14.3. The van der Waals surface area contributed by atoms with Gasteiger partial charge in [0.15, 0.2) is 0 Å². The number of esters is 1. The molecule has 0 saturated carbocycles. The summed E-state index contributed by atoms with van der Waals surface area (Å²) in [6.07, 6.45) is -4.73. The number of methoxy groups -OCH3 is 1. The molecule has 0 fully saturated rings. The van der Waals surface area contributed by atoms with Crippen molar-refractivity contribution >= 4 is 28.5 Å². The van der Waals surface area contributed by atoms with Gasteiger partial charge in [-0.05, 0) is 35.9 Å². The van der Waals surface area contributed by atoms with Crippen LogP contribution in [0.3, 0.4) is 0 Å². The second kappa shape index (κ2) is 8.04. The van der Waals surface area contributed by atoms with Gasteiger partial charge in [-0.15, -0.1) is 0 Å². The first-order valence-corrected chi connectivity index (χ1v) is 8.90. The van der Waals surface area contributed by atoms with Crippen molar-refractivity contribution < 1.29 is 32.2 Å². The number of nitrogens with zero attached hydrogens (tertiary/aromatic N) is 1. The molecule has 0 bridgehead atoms. The number of carbonyl (C=O) groups is 1. The number of hydrogen-bond donors (Lipinski definition) is 1. The van der Waals surface area contributed by atoms with E-state index < -0.39 is 23.5 Å². The van der Waals surface area contributed by atoms with Crippen LogP contribution in [0.4, 0.5) is 17.6 Å². The van der Waals surface area contributed by atoms with Crippen LogP contribution >= 0.6 is 11.6 Å². The van der Waals surface area contributed by atoms with Gasteiger partial charge >= 0.3 is 12.1 Å². The highest BCUT2D eigenvalue weighted by Crippen LogP contribution is 2.35. The number of fused-ring (bicyclic) bond motifs is 1. The van der Waals surface area contributed by atoms with Crippen LogP contribution in [0.2, 0.25) is 5.02 Å². The minimum absolute atomic E-state index is 0.0161. The van der Waals surface area contributed by atoms with Crippen LogP contribution in [-0.2, 0) is 23.9 Å². The Morgan fingerprint density at radius 1 is 1.21 bits per heavy atom. The SMILES string of the molecule is COC(=O)c1cc2cc(Cc3ccc(Cl)cc3C(F)(F)F)n(CCO)c2cc1F. The number of aliphatic hydroxyl groups is 1. The highest BCUT2D eigenvalue weighted by Gasteiger charge is 2.33. The Balaban J connectivity index is 2.15. The highest BCUT2D eigenvalue weighted by molar-refractivity contribution is 6.30. The molecule has 9 heteroatoms. The number of hydrogen-bond acceptors (Lipinski definition) is 3. The second-order valence-corrected chi connectivity index (χ2v) is 6.81. The van der Waals surface area contributed by atoms with Crippen molar-refractivity contribution in [2.75, 3.05) is 13.7 Å². The Morgan fingerprint density at radius 3 is 2.55 bits per heavy atom. The van der Waals surface area contributed by atoms with Gasteiger partial charge in [-0.2, -0.15) is 13.2 Å². The highest BCUT2D eigenvalue weighted by atomic mass is 35.5. The third-order valence-electron chi connectivity index (χ3n) is 4.55. The molecule has 0 aliphatic carbocycles. The summed E-state index contributed by atoms with van der Waals surface area (Å²) in [6, 6.07) is 7.44. The van der Waals surface area contributed by atoms with Gasteiger partial charge in [0, 0.05) is 29.1 Å². The predicted octanol–water partition coefficient (Wildman–Crippen LogP) is 4.82. The fourth-order valence-electron chi connectivity index (χ4n) is 3.28. The van der Waals surface area contributed by atoms with E-state index in [4.69, 9.17) is 11.6 Å². The van der Waals surface area contributed by atoms with Gasteiger partial charge in [-0.3, -0.25) is 0 Å². The third kappa shape index (κ3) is 4.23. The zero-order valence-corrected chi connectivity index (χ0v) is 15.9. The van der Waals surface area contributed by atoms with E-state index in [2.05, 4.69) is 4.74 Å². The number of alkyl halides is 3. The van der Waals surface area contributed by atoms with Gasteiger partial charge in [0.25, 0.3) is 0 Å². The van der Waals surface area contributed by atoms with Gasteiger partial charge in [0.1, 0.15) is 5.82 Å². The summed E-state index contributed by atoms with van der Waals surface area (Å²) in [4.78, 5) is 11.7. The first kappa shape index (κ1) is 21.1. The molecular formula is C20H16ClF4NO3. The molecule has 0 saturated heterocycles. The van der Waals surface area contributed by atoms with E-state index in [9.17, 15) is 27.5 Å². The van der Waals surface area contributed by atoms with Gasteiger partial charge in [0.05, 0.1) is 30.4 Å². The number of rotatable bonds is 5. The number of ether oxygens (including phenoxy) is 1. The normalized spacial score (nSPS) is 11.8. The first-order valence-electron chi connectivity index (χ1n) is 8.52. The molecule has 3 aromatic rings. The topological polar surface area (TPSA) is 51.5 Å². The van der Waals surface area contributed by atoms with Crippen LogP contribution in [-0.4, -0.2) is 29.4 Å². The predicted molar refractivity (Wildman–Crippen MR) is 99.6 cm³/mol. The second-order valence-electron chi connectivity index (χ2n) is 6.37. The number of aromatic nitrogens is 1. The zero-order chi connectivity index (χ0) is 21.3. The van der Waals surface area contributed by atoms with Gasteiger partial charge in [-0.1, -0.05) is 17.7 Å². The van der Waals surface area contributed by atoms with Crippen LogP contribution in [0.1, 0.15) is 27.2 Å². The molecule has 1 heterocycles. The number of halogens is 5. The monoisotopic (exact) mass is 429 g/mol. The van der Waals surface area contributed by atoms with Crippen LogP contribution in [0.15, 0.2) is 36.4 Å². The molecule has 0 unspecified atom stereocenters. The average Bonchev–Trinajstić information content (AvgIpc) is 2.98. The van der Waals surface area contributed by atoms with Crippen LogP contribution in [0.5, 0.6) is 0 Å². The van der Waals surface area contributed by atoms with Crippen molar-refractivity contribution in [2.45, 2.75) is 19.1 Å². The smallest absolute Gasteiger partial charge is 0.416 e. The third-order valence-corrected chi connectivity index (χ3v) is 4.79. The summed E-state index contributed by atoms with van der Waals surface area (Å²) in [5.41, 5.74) is -0.398. The van der Waals surface area contributed by atoms with Crippen molar-refractivity contribution in [2.24, 2.45) is 0 Å². The van der Waals surface area contributed by atoms with E-state index in [1.807, 2.05) is 0 Å². The van der Waals surface area contributed by atoms with E-state index in [1.54, 1.807) is 6.07 Å². The quantitative estimate of drug-likeness (QED) is 0.467. The van der Waals surface area contributed by atoms with Crippen molar-refractivity contribution in [1.82, 2.24) is 4.57 Å². The van der Waals surface area contributed by atoms with E-state index in [0.717, 1.165) is 19.2 Å². The Morgan fingerprint density at radius 2 is 1.93 bits per heavy atom. The number of benzene rings is 2. The maximum Gasteiger partial charge on any atom is 0.416 e. The molecular weight excluding hydrogens is 414 g/mol. The minimum Gasteiger partial charge on any atom is -0.465 e. The molecule has 0 amide bonds. The summed E-state index contributed by atoms with van der Waals surface area (Å²) >= 11 is 5.73. The summed E-state index contributed by atoms with van der Waals surface area (Å²) in [7, 11) is 1.12. The maximum atomic E-state index is 14.3. The fourth-order valence-corrected chi connectivity index (χ4v) is 3.45. The largest absolute Gasteiger partial charge is 0.465 e. The van der Waals surface area contributed by atoms with E-state index in [-0.39, 0.29) is 35.7 Å². The molecule has 0 atom stereocenters. The van der Waals surface area contributed by atoms with E-state index in [0.29, 0.717) is 16.6 Å². The Hall–Kier alpha value is -2.58. The molecule has 3 rings (SSSR count). The lowest BCUT2D eigenvalue weighted by Gasteiger charge is -2.15. The van der Waals surface area contributed by atoms with Crippen molar-refractivity contribution in [3.63, 3.8) is 0 Å². The zero-order valence-electron chi connectivity index (χ0n) is 15.2. The summed E-state index contributed by atoms with van der Waals surface area (Å²) in [5.74, 6) is -1.69. The Kier molecular flexibility index (Phi) is 5.86. The molecule has 1 N–H and O–H groups in total. The standard InChI is InChI=1S/C20H16ClF4NO3/c1-29-19(28)15-8-12-7-14(26(4-5-27)18(12)10-17(15)22)6-11-2-3-13(21)9-16(11)20(23,24)25/h2-3,7-10,27H,4-6H2,1H3. The lowest BCUT2D eigenvalue weighted by atomic mass is 10.0. The lowest BCUT2D eigenvalue weighted by Crippen LogP contribution is -2.12. The van der Waals surface area contributed by atoms with E-state index >= 15 is 0 Å². The molecule has 1 aromatic heterocycles. The van der Waals surface area contributed by atoms with Gasteiger partial charge < -0.3 is 14.4 Å². The molecule has 29 heavy (non-hydrogen) atoms. The summed E-state index contributed by atoms with van der Waals surface area (Å²) in [5, 5.41) is 9.77. The molecule has 0 aliphatic rings. The van der Waals surface area contributed by atoms with Gasteiger partial charge in [0.2, 0.25) is 0 Å². The number of carbonyl (C=O) groups excluding carboxylic acids is 1. The summed E-state index contributed by atoms with van der Waals surface area (Å²) in [6.45, 7) is -0.255. The lowest BCUT2D eigenvalue weighted by molar-refractivity contribution is -0.138. The van der Waals surface area contributed by atoms with E-state index in [1.165, 1.54) is 22.8 Å². The Bertz CT molecular complexity index is 1080. The van der Waals surface area contributed by atoms with Gasteiger partial charge in [-0.25, -0.2) is 9.18 Å². The van der Waals surface area contributed by atoms with Crippen molar-refractivity contribution in [3.05, 3.63) is 69.6 Å². The van der Waals surface area contributed by atoms with Crippen LogP contribution in [0, 0.1) is 5.82 Å². The minimum atomic E-state index is -4.60. The van der Waals surface area contributed by atoms with Crippen LogP contribution in [0.25, 0.3) is 10.9 Å². The molecule has 154 valence electrons. The fraction of sp³-hybridized carbons (Fsp3) is 0.250. The first-order chi connectivity index (χ1) is 13.7.